The summed E-state index contributed by atoms with van der Waals surface area (Å²) in [5, 5.41) is 14.6. The van der Waals surface area contributed by atoms with Gasteiger partial charge in [0.15, 0.2) is 0 Å². The van der Waals surface area contributed by atoms with Crippen LogP contribution < -0.4 is 21.1 Å². The van der Waals surface area contributed by atoms with Crippen LogP contribution in [0.5, 0.6) is 5.75 Å². The number of carbonyl (C=O) groups is 3. The number of rotatable bonds is 13. The Kier molecular flexibility index (Phi) is 10.7. The van der Waals surface area contributed by atoms with Crippen LogP contribution in [0.4, 0.5) is 10.1 Å². The number of ether oxygens (including phenoxy) is 1. The number of carbonyl (C=O) groups excluding carboxylic acids is 2. The van der Waals surface area contributed by atoms with E-state index >= 15 is 0 Å². The van der Waals surface area contributed by atoms with Gasteiger partial charge >= 0.3 is 12.3 Å². The molecule has 0 aliphatic heterocycles. The van der Waals surface area contributed by atoms with Gasteiger partial charge < -0.3 is 26.2 Å². The number of hydrogen-bond acceptors (Lipinski definition) is 5. The van der Waals surface area contributed by atoms with Crippen molar-refractivity contribution < 1.29 is 28.6 Å². The summed E-state index contributed by atoms with van der Waals surface area (Å²) in [6, 6.07) is 13.8. The standard InChI is InChI=1S/C28H36FN3O5/c29-25(28(35)36)37-24-15-14-20(17-22(24)30)18-23(32-26(33)21-12-5-2-6-13-21)27(34)31-16-8-7-11-19-9-3-1-4-10-19/h1,3-4,9-10,14-15,17,21,23,25H,2,5-8,11-13,16,18,30H2,(H,31,34)(H,32,33)(H,35,36)/t23-,25?/m0/s1. The van der Waals surface area contributed by atoms with E-state index in [4.69, 9.17) is 15.6 Å². The molecule has 1 saturated carbocycles. The zero-order valence-corrected chi connectivity index (χ0v) is 21.0. The zero-order chi connectivity index (χ0) is 26.6. The molecule has 0 aromatic heterocycles. The summed E-state index contributed by atoms with van der Waals surface area (Å²) in [4.78, 5) is 36.7. The number of carboxylic acid groups (broad SMARTS) is 1. The van der Waals surface area contributed by atoms with Gasteiger partial charge in [0.2, 0.25) is 11.8 Å². The third-order valence-electron chi connectivity index (χ3n) is 6.58. The van der Waals surface area contributed by atoms with E-state index in [-0.39, 0.29) is 35.6 Å². The molecular weight excluding hydrogens is 477 g/mol. The SMILES string of the molecule is Nc1cc(C[C@H](NC(=O)C2CCCCC2)C(=O)NCCCCc2ccccc2)ccc1OC(F)C(=O)O. The predicted molar refractivity (Wildman–Crippen MR) is 139 cm³/mol. The lowest BCUT2D eigenvalue weighted by molar-refractivity contribution is -0.153. The first kappa shape index (κ1) is 28.0. The molecule has 0 bridgehead atoms. The topological polar surface area (TPSA) is 131 Å². The summed E-state index contributed by atoms with van der Waals surface area (Å²) < 4.78 is 18.1. The van der Waals surface area contributed by atoms with Crippen molar-refractivity contribution in [2.45, 2.75) is 70.2 Å². The third kappa shape index (κ3) is 9.08. The monoisotopic (exact) mass is 513 g/mol. The number of aliphatic carboxylic acids is 1. The molecule has 1 fully saturated rings. The second-order valence-corrected chi connectivity index (χ2v) is 9.48. The number of carboxylic acids is 1. The minimum Gasteiger partial charge on any atom is -0.476 e. The number of aryl methyl sites for hydroxylation is 1. The fourth-order valence-electron chi connectivity index (χ4n) is 4.53. The molecule has 9 heteroatoms. The van der Waals surface area contributed by atoms with Gasteiger partial charge in [-0.1, -0.05) is 55.7 Å². The Balaban J connectivity index is 1.60. The van der Waals surface area contributed by atoms with Crippen LogP contribution in [0.1, 0.15) is 56.1 Å². The number of nitrogen functional groups attached to an aromatic ring is 1. The molecule has 0 radical (unpaired) electrons. The van der Waals surface area contributed by atoms with Crippen LogP contribution in [0.25, 0.3) is 0 Å². The van der Waals surface area contributed by atoms with Gasteiger partial charge in [-0.25, -0.2) is 4.79 Å². The molecule has 1 aliphatic carbocycles. The van der Waals surface area contributed by atoms with E-state index in [1.165, 1.54) is 17.7 Å². The van der Waals surface area contributed by atoms with Crippen molar-refractivity contribution in [2.24, 2.45) is 5.92 Å². The van der Waals surface area contributed by atoms with Gasteiger partial charge in [-0.3, -0.25) is 9.59 Å². The maximum absolute atomic E-state index is 13.4. The van der Waals surface area contributed by atoms with Crippen molar-refractivity contribution in [3.8, 4) is 5.75 Å². The average molecular weight is 514 g/mol. The van der Waals surface area contributed by atoms with Crippen molar-refractivity contribution >= 4 is 23.5 Å². The minimum absolute atomic E-state index is 0.0417. The lowest BCUT2D eigenvalue weighted by atomic mass is 9.88. The highest BCUT2D eigenvalue weighted by Crippen LogP contribution is 2.26. The molecule has 2 aromatic carbocycles. The summed E-state index contributed by atoms with van der Waals surface area (Å²) in [5.74, 6) is -2.37. The van der Waals surface area contributed by atoms with E-state index in [1.807, 2.05) is 18.2 Å². The number of hydrogen-bond donors (Lipinski definition) is 4. The summed E-state index contributed by atoms with van der Waals surface area (Å²) in [6.07, 6.45) is 5.03. The Morgan fingerprint density at radius 3 is 2.43 bits per heavy atom. The Morgan fingerprint density at radius 1 is 1.03 bits per heavy atom. The van der Waals surface area contributed by atoms with E-state index < -0.39 is 18.4 Å². The first-order valence-electron chi connectivity index (χ1n) is 12.9. The van der Waals surface area contributed by atoms with E-state index in [0.29, 0.717) is 12.1 Å². The maximum Gasteiger partial charge on any atom is 0.378 e. The first-order valence-corrected chi connectivity index (χ1v) is 12.9. The number of halogens is 1. The summed E-state index contributed by atoms with van der Waals surface area (Å²) in [7, 11) is 0. The molecule has 0 spiro atoms. The minimum atomic E-state index is -2.54. The quantitative estimate of drug-likeness (QED) is 0.238. The van der Waals surface area contributed by atoms with Crippen molar-refractivity contribution in [1.82, 2.24) is 10.6 Å². The molecule has 8 nitrogen and oxygen atoms in total. The summed E-state index contributed by atoms with van der Waals surface area (Å²) in [6.45, 7) is 0.490. The second kappa shape index (κ2) is 14.2. The molecule has 2 aromatic rings. The molecular formula is C28H36FN3O5. The molecule has 200 valence electrons. The van der Waals surface area contributed by atoms with Crippen molar-refractivity contribution in [2.75, 3.05) is 12.3 Å². The lowest BCUT2D eigenvalue weighted by Gasteiger charge is -2.25. The van der Waals surface area contributed by atoms with Crippen LogP contribution in [0.15, 0.2) is 48.5 Å². The molecule has 5 N–H and O–H groups in total. The third-order valence-corrected chi connectivity index (χ3v) is 6.58. The molecule has 2 amide bonds. The Hall–Kier alpha value is -3.62. The maximum atomic E-state index is 13.4. The van der Waals surface area contributed by atoms with E-state index in [0.717, 1.165) is 51.4 Å². The van der Waals surface area contributed by atoms with Crippen molar-refractivity contribution in [3.05, 3.63) is 59.7 Å². The number of nitrogens with two attached hydrogens (primary N) is 1. The molecule has 1 unspecified atom stereocenters. The van der Waals surface area contributed by atoms with Crippen LogP contribution in [-0.2, 0) is 27.2 Å². The average Bonchev–Trinajstić information content (AvgIpc) is 2.90. The highest BCUT2D eigenvalue weighted by Gasteiger charge is 2.27. The van der Waals surface area contributed by atoms with Crippen molar-refractivity contribution in [3.63, 3.8) is 0 Å². The van der Waals surface area contributed by atoms with Crippen LogP contribution >= 0.6 is 0 Å². The van der Waals surface area contributed by atoms with Gasteiger partial charge in [0.25, 0.3) is 0 Å². The number of benzene rings is 2. The highest BCUT2D eigenvalue weighted by atomic mass is 19.1. The Labute approximate surface area is 216 Å². The largest absolute Gasteiger partial charge is 0.476 e. The number of amides is 2. The Bertz CT molecular complexity index is 1040. The molecule has 2 atom stereocenters. The molecule has 37 heavy (non-hydrogen) atoms. The van der Waals surface area contributed by atoms with Gasteiger partial charge in [0.1, 0.15) is 11.8 Å². The normalized spacial score (nSPS) is 15.4. The summed E-state index contributed by atoms with van der Waals surface area (Å²) >= 11 is 0. The highest BCUT2D eigenvalue weighted by molar-refractivity contribution is 5.88. The Morgan fingerprint density at radius 2 is 1.76 bits per heavy atom. The van der Waals surface area contributed by atoms with E-state index in [2.05, 4.69) is 22.8 Å². The van der Waals surface area contributed by atoms with Crippen LogP contribution in [-0.4, -0.2) is 41.8 Å². The number of alkyl halides is 1. The predicted octanol–water partition coefficient (Wildman–Crippen LogP) is 3.77. The van der Waals surface area contributed by atoms with Gasteiger partial charge in [-0.05, 0) is 55.4 Å². The molecule has 1 aliphatic rings. The lowest BCUT2D eigenvalue weighted by Crippen LogP contribution is -2.50. The van der Waals surface area contributed by atoms with Gasteiger partial charge in [0.05, 0.1) is 5.69 Å². The van der Waals surface area contributed by atoms with Crippen LogP contribution in [0.2, 0.25) is 0 Å². The van der Waals surface area contributed by atoms with Crippen molar-refractivity contribution in [1.29, 1.82) is 0 Å². The molecule has 0 heterocycles. The van der Waals surface area contributed by atoms with E-state index in [9.17, 15) is 18.8 Å². The van der Waals surface area contributed by atoms with Crippen LogP contribution in [0.3, 0.4) is 0 Å². The fraction of sp³-hybridized carbons (Fsp3) is 0.464. The van der Waals surface area contributed by atoms with E-state index in [1.54, 1.807) is 6.07 Å². The fourth-order valence-corrected chi connectivity index (χ4v) is 4.53. The summed E-state index contributed by atoms with van der Waals surface area (Å²) in [5.41, 5.74) is 7.85. The molecule has 3 rings (SSSR count). The second-order valence-electron chi connectivity index (χ2n) is 9.48. The molecule has 0 saturated heterocycles. The van der Waals surface area contributed by atoms with Gasteiger partial charge in [-0.15, -0.1) is 0 Å². The van der Waals surface area contributed by atoms with Gasteiger partial charge in [-0.2, -0.15) is 4.39 Å². The smallest absolute Gasteiger partial charge is 0.378 e. The number of nitrogens with one attached hydrogen (secondary N) is 2. The number of anilines is 1. The zero-order valence-electron chi connectivity index (χ0n) is 21.0. The number of unbranched alkanes of at least 4 members (excludes halogenated alkanes) is 1. The van der Waals surface area contributed by atoms with Gasteiger partial charge in [0, 0.05) is 18.9 Å². The van der Waals surface area contributed by atoms with Crippen LogP contribution in [0, 0.1) is 5.92 Å². The first-order chi connectivity index (χ1) is 17.8.